The maximum absolute atomic E-state index is 11.5. The summed E-state index contributed by atoms with van der Waals surface area (Å²) in [5.41, 5.74) is 6.53. The monoisotopic (exact) mass is 432 g/mol. The number of benzene rings is 2. The van der Waals surface area contributed by atoms with Gasteiger partial charge >= 0.3 is 0 Å². The van der Waals surface area contributed by atoms with Crippen molar-refractivity contribution in [2.45, 2.75) is 6.54 Å². The van der Waals surface area contributed by atoms with E-state index >= 15 is 0 Å². The highest BCUT2D eigenvalue weighted by Gasteiger charge is 2.19. The number of anilines is 1. The van der Waals surface area contributed by atoms with Crippen LogP contribution in [0.2, 0.25) is 0 Å². The van der Waals surface area contributed by atoms with E-state index in [2.05, 4.69) is 20.8 Å². The number of carbonyl (C=O) groups is 1. The Morgan fingerprint density at radius 3 is 2.79 bits per heavy atom. The minimum atomic E-state index is -0.152. The number of fused-ring (bicyclic) bond motifs is 2. The highest BCUT2D eigenvalue weighted by Crippen LogP contribution is 2.33. The van der Waals surface area contributed by atoms with Crippen LogP contribution in [0.4, 0.5) is 5.69 Å². The van der Waals surface area contributed by atoms with E-state index in [1.807, 2.05) is 36.4 Å². The summed E-state index contributed by atoms with van der Waals surface area (Å²) < 4.78 is 16.1. The first-order chi connectivity index (χ1) is 13.7. The van der Waals surface area contributed by atoms with Crippen LogP contribution in [0.25, 0.3) is 0 Å². The lowest BCUT2D eigenvalue weighted by atomic mass is 10.1. The number of halogens is 1. The summed E-state index contributed by atoms with van der Waals surface area (Å²) in [5.74, 6) is 2.72. The van der Waals surface area contributed by atoms with Gasteiger partial charge in [0, 0.05) is 11.3 Å². The highest BCUT2D eigenvalue weighted by atomic mass is 35.5. The molecule has 29 heavy (non-hydrogen) atoms. The molecular formula is C19H17ClN4O4S. The molecule has 2 aromatic rings. The first-order valence-corrected chi connectivity index (χ1v) is 9.68. The van der Waals surface area contributed by atoms with Crippen LogP contribution in [0.5, 0.6) is 17.2 Å². The molecule has 5 rings (SSSR count). The van der Waals surface area contributed by atoms with Crippen molar-refractivity contribution in [2.75, 3.05) is 24.5 Å². The van der Waals surface area contributed by atoms with E-state index in [4.69, 9.17) is 14.2 Å². The van der Waals surface area contributed by atoms with Crippen LogP contribution in [0, 0.1) is 0 Å². The maximum atomic E-state index is 11.5. The Morgan fingerprint density at radius 2 is 1.93 bits per heavy atom. The number of carbonyl (C=O) groups excluding carboxylic acids is 1. The summed E-state index contributed by atoms with van der Waals surface area (Å²) >= 11 is 1.58. The van der Waals surface area contributed by atoms with Gasteiger partial charge in [-0.25, -0.2) is 0 Å². The SMILES string of the molecule is Cl.O=C1COc2ccc(C3=NNC(=NCc4ccc5c(c4)OCO5)SC3)cc2N1. The lowest BCUT2D eigenvalue weighted by molar-refractivity contribution is -0.118. The van der Waals surface area contributed by atoms with Gasteiger partial charge in [-0.1, -0.05) is 17.8 Å². The number of rotatable bonds is 3. The molecule has 1 amide bonds. The number of thioether (sulfide) groups is 1. The van der Waals surface area contributed by atoms with Crippen molar-refractivity contribution in [1.29, 1.82) is 0 Å². The second-order valence-corrected chi connectivity index (χ2v) is 7.28. The summed E-state index contributed by atoms with van der Waals surface area (Å²) in [5, 5.41) is 8.01. The molecule has 10 heteroatoms. The summed E-state index contributed by atoms with van der Waals surface area (Å²) in [4.78, 5) is 16.1. The van der Waals surface area contributed by atoms with Gasteiger partial charge in [-0.05, 0) is 35.9 Å². The van der Waals surface area contributed by atoms with Crippen molar-refractivity contribution in [3.05, 3.63) is 47.5 Å². The number of amidine groups is 1. The second-order valence-electron chi connectivity index (χ2n) is 6.32. The molecule has 2 N–H and O–H groups in total. The van der Waals surface area contributed by atoms with Crippen LogP contribution in [-0.4, -0.2) is 35.9 Å². The fourth-order valence-electron chi connectivity index (χ4n) is 3.01. The van der Waals surface area contributed by atoms with Gasteiger partial charge in [-0.15, -0.1) is 12.4 Å². The molecule has 8 nitrogen and oxygen atoms in total. The van der Waals surface area contributed by atoms with Crippen molar-refractivity contribution in [3.63, 3.8) is 0 Å². The molecule has 3 aliphatic heterocycles. The standard InChI is InChI=1S/C19H16N4O4S.ClH/c24-18-8-25-15-4-2-12(6-13(15)21-18)14-9-28-19(23-22-14)20-7-11-1-3-16-17(5-11)27-10-26-16;/h1-6H,7-10H2,(H,20,23)(H,21,24);1H. The highest BCUT2D eigenvalue weighted by molar-refractivity contribution is 8.14. The van der Waals surface area contributed by atoms with Crippen molar-refractivity contribution in [3.8, 4) is 17.2 Å². The zero-order valence-electron chi connectivity index (χ0n) is 15.1. The van der Waals surface area contributed by atoms with Crippen LogP contribution in [0.15, 0.2) is 46.5 Å². The second kappa shape index (κ2) is 8.22. The molecule has 0 aromatic heterocycles. The Bertz CT molecular complexity index is 1030. The molecule has 0 spiro atoms. The first-order valence-electron chi connectivity index (χ1n) is 8.70. The summed E-state index contributed by atoms with van der Waals surface area (Å²) in [6, 6.07) is 11.5. The average Bonchev–Trinajstić information content (AvgIpc) is 3.20. The van der Waals surface area contributed by atoms with E-state index in [1.54, 1.807) is 11.8 Å². The van der Waals surface area contributed by atoms with E-state index in [9.17, 15) is 4.79 Å². The third kappa shape index (κ3) is 4.10. The number of amides is 1. The molecule has 0 radical (unpaired) electrons. The molecule has 0 aliphatic carbocycles. The molecule has 0 fully saturated rings. The zero-order valence-corrected chi connectivity index (χ0v) is 16.8. The number of aliphatic imine (C=N–C) groups is 1. The van der Waals surface area contributed by atoms with Gasteiger partial charge in [0.1, 0.15) is 5.75 Å². The summed E-state index contributed by atoms with van der Waals surface area (Å²) in [6.45, 7) is 0.841. The Labute approximate surface area is 177 Å². The predicted molar refractivity (Wildman–Crippen MR) is 114 cm³/mol. The number of hydrogen-bond donors (Lipinski definition) is 2. The molecule has 0 bridgehead atoms. The van der Waals surface area contributed by atoms with Crippen LogP contribution in [-0.2, 0) is 11.3 Å². The van der Waals surface area contributed by atoms with Crippen LogP contribution in [0.3, 0.4) is 0 Å². The third-order valence-electron chi connectivity index (χ3n) is 4.42. The van der Waals surface area contributed by atoms with E-state index in [0.717, 1.165) is 33.5 Å². The molecule has 0 unspecified atom stereocenters. The number of hydrazone groups is 1. The van der Waals surface area contributed by atoms with Gasteiger partial charge in [-0.3, -0.25) is 15.2 Å². The van der Waals surface area contributed by atoms with E-state index in [-0.39, 0.29) is 31.7 Å². The predicted octanol–water partition coefficient (Wildman–Crippen LogP) is 2.76. The molecular weight excluding hydrogens is 416 g/mol. The molecule has 0 atom stereocenters. The van der Waals surface area contributed by atoms with Gasteiger partial charge in [0.15, 0.2) is 23.3 Å². The molecule has 3 heterocycles. The number of nitrogens with one attached hydrogen (secondary N) is 2. The number of hydrogen-bond acceptors (Lipinski definition) is 7. The molecule has 3 aliphatic rings. The Hall–Kier alpha value is -2.91. The topological polar surface area (TPSA) is 93.5 Å². The molecule has 150 valence electrons. The zero-order chi connectivity index (χ0) is 18.9. The lowest BCUT2D eigenvalue weighted by Crippen LogP contribution is -2.27. The summed E-state index contributed by atoms with van der Waals surface area (Å²) in [6.07, 6.45) is 0. The van der Waals surface area contributed by atoms with Gasteiger partial charge in [0.2, 0.25) is 6.79 Å². The normalized spacial score (nSPS) is 18.0. The van der Waals surface area contributed by atoms with Gasteiger partial charge < -0.3 is 19.5 Å². The Morgan fingerprint density at radius 1 is 1.07 bits per heavy atom. The van der Waals surface area contributed by atoms with E-state index in [0.29, 0.717) is 23.7 Å². The Balaban J connectivity index is 0.00000205. The first kappa shape index (κ1) is 19.4. The van der Waals surface area contributed by atoms with Crippen LogP contribution < -0.4 is 25.0 Å². The third-order valence-corrected chi connectivity index (χ3v) is 5.33. The number of ether oxygens (including phenoxy) is 3. The smallest absolute Gasteiger partial charge is 0.262 e. The molecule has 2 aromatic carbocycles. The van der Waals surface area contributed by atoms with E-state index in [1.165, 1.54) is 0 Å². The minimum absolute atomic E-state index is 0. The van der Waals surface area contributed by atoms with Crippen LogP contribution >= 0.6 is 24.2 Å². The number of nitrogens with zero attached hydrogens (tertiary/aromatic N) is 2. The Kier molecular flexibility index (Phi) is 5.50. The van der Waals surface area contributed by atoms with E-state index < -0.39 is 0 Å². The molecule has 0 saturated carbocycles. The van der Waals surface area contributed by atoms with Gasteiger partial charge in [0.25, 0.3) is 5.91 Å². The van der Waals surface area contributed by atoms with Crippen LogP contribution in [0.1, 0.15) is 11.1 Å². The van der Waals surface area contributed by atoms with Crippen molar-refractivity contribution < 1.29 is 19.0 Å². The fraction of sp³-hybridized carbons (Fsp3) is 0.211. The quantitative estimate of drug-likeness (QED) is 0.774. The minimum Gasteiger partial charge on any atom is -0.482 e. The van der Waals surface area contributed by atoms with Gasteiger partial charge in [0.05, 0.1) is 17.9 Å². The summed E-state index contributed by atoms with van der Waals surface area (Å²) in [7, 11) is 0. The van der Waals surface area contributed by atoms with Crippen molar-refractivity contribution in [2.24, 2.45) is 10.1 Å². The maximum Gasteiger partial charge on any atom is 0.262 e. The average molecular weight is 433 g/mol. The molecule has 0 saturated heterocycles. The fourth-order valence-corrected chi connectivity index (χ4v) is 3.78. The van der Waals surface area contributed by atoms with Crippen molar-refractivity contribution >= 4 is 46.6 Å². The largest absolute Gasteiger partial charge is 0.482 e. The van der Waals surface area contributed by atoms with Crippen molar-refractivity contribution in [1.82, 2.24) is 5.43 Å². The van der Waals surface area contributed by atoms with Gasteiger partial charge in [-0.2, -0.15) is 5.10 Å². The lowest BCUT2D eigenvalue weighted by Gasteiger charge is -2.20.